The largest absolute Gasteiger partial charge is 0.496 e. The molecule has 1 heterocycles. The summed E-state index contributed by atoms with van der Waals surface area (Å²) in [6, 6.07) is 21.9. The quantitative estimate of drug-likeness (QED) is 0.156. The van der Waals surface area contributed by atoms with Crippen LogP contribution in [0.2, 0.25) is 0 Å². The third-order valence-corrected chi connectivity index (χ3v) is 7.76. The third-order valence-electron chi connectivity index (χ3n) is 7.76. The molecule has 0 aliphatic carbocycles. The number of nitrogens with zero attached hydrogens (tertiary/aromatic N) is 1. The summed E-state index contributed by atoms with van der Waals surface area (Å²) in [4.78, 5) is 14.8. The molecule has 228 valence electrons. The molecule has 6 nitrogen and oxygen atoms in total. The number of carbonyl (C=O) groups is 1. The average Bonchev–Trinajstić information content (AvgIpc) is 2.97. The minimum absolute atomic E-state index is 0.151. The molecular weight excluding hydrogens is 555 g/mol. The van der Waals surface area contributed by atoms with Crippen molar-refractivity contribution in [2.75, 3.05) is 31.4 Å². The molecule has 4 aromatic carbocycles. The first-order chi connectivity index (χ1) is 20.9. The summed E-state index contributed by atoms with van der Waals surface area (Å²) in [6.07, 6.45) is 2.35. The van der Waals surface area contributed by atoms with Crippen molar-refractivity contribution in [1.82, 2.24) is 0 Å². The number of halogens is 1. The number of hydrogen-bond donors (Lipinski definition) is 1. The summed E-state index contributed by atoms with van der Waals surface area (Å²) >= 11 is 0. The van der Waals surface area contributed by atoms with E-state index in [1.807, 2.05) is 62.3 Å². The number of anilines is 2. The van der Waals surface area contributed by atoms with Crippen LogP contribution in [0.15, 0.2) is 78.9 Å². The van der Waals surface area contributed by atoms with Crippen molar-refractivity contribution < 1.29 is 23.4 Å². The maximum Gasteiger partial charge on any atom is 0.315 e. The zero-order valence-electron chi connectivity index (χ0n) is 26.4. The first-order valence-corrected chi connectivity index (χ1v) is 14.6. The zero-order chi connectivity index (χ0) is 31.6. The van der Waals surface area contributed by atoms with Gasteiger partial charge < -0.3 is 24.4 Å². The highest BCUT2D eigenvalue weighted by Crippen LogP contribution is 2.43. The average molecular weight is 595 g/mol. The van der Waals surface area contributed by atoms with Gasteiger partial charge in [-0.15, -0.1) is 0 Å². The van der Waals surface area contributed by atoms with Crippen molar-refractivity contribution in [2.45, 2.75) is 46.3 Å². The van der Waals surface area contributed by atoms with Crippen LogP contribution >= 0.6 is 0 Å². The van der Waals surface area contributed by atoms with Crippen LogP contribution in [-0.2, 0) is 17.8 Å². The zero-order valence-corrected chi connectivity index (χ0v) is 26.4. The molecule has 4 aromatic rings. The van der Waals surface area contributed by atoms with E-state index in [1.54, 1.807) is 25.3 Å². The lowest BCUT2D eigenvalue weighted by Gasteiger charge is -2.33. The minimum Gasteiger partial charge on any atom is -0.496 e. The van der Waals surface area contributed by atoms with Crippen molar-refractivity contribution in [3.63, 3.8) is 0 Å². The van der Waals surface area contributed by atoms with Crippen LogP contribution in [0, 0.1) is 12.7 Å². The normalized spacial score (nSPS) is 13.3. The third kappa shape index (κ3) is 6.72. The lowest BCUT2D eigenvalue weighted by Crippen LogP contribution is -2.32. The highest BCUT2D eigenvalue weighted by molar-refractivity contribution is 5.88. The van der Waals surface area contributed by atoms with Crippen molar-refractivity contribution in [3.8, 4) is 28.4 Å². The van der Waals surface area contributed by atoms with Crippen molar-refractivity contribution in [2.24, 2.45) is 0 Å². The van der Waals surface area contributed by atoms with Crippen LogP contribution in [-0.4, -0.2) is 32.7 Å². The standard InChI is InChI=1S/C37H39FN2O4/c1-23-8-11-26(38)19-33(23)43-22-31-29(16-17-32-36(31)24(2)21-37(3,4)39-32)30-15-14-28(20-34(30)42-7)44-35(41)18-25-9-12-27(13-10-25)40(5)6/h8-17,19-21,39H,18,22H2,1-7H3. The van der Waals surface area contributed by atoms with Gasteiger partial charge in [-0.05, 0) is 86.4 Å². The van der Waals surface area contributed by atoms with Gasteiger partial charge in [0.1, 0.15) is 29.7 Å². The number of carbonyl (C=O) groups excluding carboxylic acids is 1. The molecule has 0 fully saturated rings. The molecule has 1 N–H and O–H groups in total. The fourth-order valence-electron chi connectivity index (χ4n) is 5.68. The lowest BCUT2D eigenvalue weighted by atomic mass is 9.85. The van der Waals surface area contributed by atoms with Crippen LogP contribution in [0.4, 0.5) is 15.8 Å². The molecule has 0 amide bonds. The van der Waals surface area contributed by atoms with Gasteiger partial charge >= 0.3 is 5.97 Å². The maximum atomic E-state index is 14.1. The van der Waals surface area contributed by atoms with Gasteiger partial charge in [0.15, 0.2) is 0 Å². The molecule has 0 spiro atoms. The summed E-state index contributed by atoms with van der Waals surface area (Å²) in [5.41, 5.74) is 8.38. The van der Waals surface area contributed by atoms with Crippen molar-refractivity contribution in [1.29, 1.82) is 0 Å². The van der Waals surface area contributed by atoms with E-state index >= 15 is 0 Å². The Hall–Kier alpha value is -4.78. The van der Waals surface area contributed by atoms with E-state index in [4.69, 9.17) is 14.2 Å². The SMILES string of the molecule is COc1cc(OC(=O)Cc2ccc(N(C)C)cc2)ccc1-c1ccc2c(c1COc1cc(F)ccc1C)C(C)=CC(C)(C)N2. The van der Waals surface area contributed by atoms with Crippen LogP contribution in [0.5, 0.6) is 17.2 Å². The smallest absolute Gasteiger partial charge is 0.315 e. The summed E-state index contributed by atoms with van der Waals surface area (Å²) in [5, 5.41) is 3.61. The highest BCUT2D eigenvalue weighted by Gasteiger charge is 2.27. The molecule has 7 heteroatoms. The summed E-state index contributed by atoms with van der Waals surface area (Å²) in [7, 11) is 5.54. The predicted octanol–water partition coefficient (Wildman–Crippen LogP) is 8.21. The number of aryl methyl sites for hydroxylation is 1. The fraction of sp³-hybridized carbons (Fsp3) is 0.270. The van der Waals surface area contributed by atoms with E-state index in [9.17, 15) is 9.18 Å². The Labute approximate surface area is 259 Å². The molecule has 0 saturated heterocycles. The van der Waals surface area contributed by atoms with Crippen LogP contribution in [0.25, 0.3) is 16.7 Å². The molecule has 5 rings (SSSR count). The van der Waals surface area contributed by atoms with E-state index < -0.39 is 0 Å². The van der Waals surface area contributed by atoms with Crippen LogP contribution in [0.3, 0.4) is 0 Å². The topological polar surface area (TPSA) is 60.0 Å². The number of methoxy groups -OCH3 is 1. The second kappa shape index (κ2) is 12.4. The Balaban J connectivity index is 1.47. The van der Waals surface area contributed by atoms with E-state index in [-0.39, 0.29) is 30.4 Å². The van der Waals surface area contributed by atoms with E-state index in [1.165, 1.54) is 12.1 Å². The molecule has 0 saturated carbocycles. The Morgan fingerprint density at radius 2 is 1.64 bits per heavy atom. The van der Waals surface area contributed by atoms with Gasteiger partial charge in [-0.1, -0.05) is 30.3 Å². The molecule has 0 atom stereocenters. The molecule has 1 aliphatic rings. The van der Waals surface area contributed by atoms with Gasteiger partial charge in [-0.3, -0.25) is 4.79 Å². The van der Waals surface area contributed by atoms with Gasteiger partial charge in [-0.25, -0.2) is 4.39 Å². The Morgan fingerprint density at radius 1 is 0.909 bits per heavy atom. The number of fused-ring (bicyclic) bond motifs is 1. The summed E-state index contributed by atoms with van der Waals surface area (Å²) in [5.74, 6) is 0.730. The number of benzene rings is 4. The van der Waals surface area contributed by atoms with Crippen molar-refractivity contribution in [3.05, 3.63) is 107 Å². The molecule has 0 unspecified atom stereocenters. The monoisotopic (exact) mass is 594 g/mol. The van der Waals surface area contributed by atoms with Gasteiger partial charge in [0.05, 0.1) is 19.1 Å². The molecular formula is C37H39FN2O4. The number of allylic oxidation sites excluding steroid dienone is 1. The van der Waals surface area contributed by atoms with E-state index in [0.29, 0.717) is 17.2 Å². The van der Waals surface area contributed by atoms with Crippen molar-refractivity contribution >= 4 is 22.9 Å². The summed E-state index contributed by atoms with van der Waals surface area (Å²) in [6.45, 7) is 8.45. The highest BCUT2D eigenvalue weighted by atomic mass is 19.1. The summed E-state index contributed by atoms with van der Waals surface area (Å²) < 4.78 is 31.9. The second-order valence-electron chi connectivity index (χ2n) is 12.0. The van der Waals surface area contributed by atoms with Crippen LogP contribution < -0.4 is 24.4 Å². The molecule has 44 heavy (non-hydrogen) atoms. The predicted molar refractivity (Wildman–Crippen MR) is 175 cm³/mol. The Kier molecular flexibility index (Phi) is 8.68. The number of rotatable bonds is 9. The number of hydrogen-bond acceptors (Lipinski definition) is 6. The second-order valence-corrected chi connectivity index (χ2v) is 12.0. The first kappa shape index (κ1) is 30.7. The lowest BCUT2D eigenvalue weighted by molar-refractivity contribution is -0.133. The molecule has 0 bridgehead atoms. The number of esters is 1. The van der Waals surface area contributed by atoms with Gasteiger partial charge in [0, 0.05) is 54.3 Å². The molecule has 0 aromatic heterocycles. The maximum absolute atomic E-state index is 14.1. The Morgan fingerprint density at radius 3 is 2.34 bits per heavy atom. The van der Waals surface area contributed by atoms with Gasteiger partial charge in [0.2, 0.25) is 0 Å². The minimum atomic E-state index is -0.361. The molecule has 0 radical (unpaired) electrons. The number of nitrogens with one attached hydrogen (secondary N) is 1. The number of ether oxygens (including phenoxy) is 3. The van der Waals surface area contributed by atoms with E-state index in [0.717, 1.165) is 50.3 Å². The molecule has 1 aliphatic heterocycles. The Bertz CT molecular complexity index is 1720. The van der Waals surface area contributed by atoms with Gasteiger partial charge in [0.25, 0.3) is 0 Å². The van der Waals surface area contributed by atoms with E-state index in [2.05, 4.69) is 38.2 Å². The fourth-order valence-corrected chi connectivity index (χ4v) is 5.68. The van der Waals surface area contributed by atoms with Crippen LogP contribution in [0.1, 0.15) is 43.0 Å². The first-order valence-electron chi connectivity index (χ1n) is 14.6. The van der Waals surface area contributed by atoms with Gasteiger partial charge in [-0.2, -0.15) is 0 Å².